The molecule has 1 heterocycles. The van der Waals surface area contributed by atoms with E-state index in [1.165, 1.54) is 25.3 Å². The van der Waals surface area contributed by atoms with Gasteiger partial charge in [0.1, 0.15) is 18.2 Å². The molecule has 0 saturated heterocycles. The van der Waals surface area contributed by atoms with Gasteiger partial charge >= 0.3 is 0 Å². The molecule has 0 fully saturated rings. The van der Waals surface area contributed by atoms with E-state index in [1.807, 2.05) is 0 Å². The minimum absolute atomic E-state index is 0.206. The maximum absolute atomic E-state index is 13.3. The summed E-state index contributed by atoms with van der Waals surface area (Å²) in [5.41, 5.74) is 1.51. The van der Waals surface area contributed by atoms with Crippen LogP contribution in [-0.2, 0) is 11.3 Å². The Labute approximate surface area is 103 Å². The van der Waals surface area contributed by atoms with E-state index in [2.05, 4.69) is 9.97 Å². The molecule has 2 aromatic rings. The van der Waals surface area contributed by atoms with E-state index in [9.17, 15) is 9.18 Å². The van der Waals surface area contributed by atoms with Gasteiger partial charge in [0.05, 0.1) is 5.69 Å². The number of ether oxygens (including phenoxy) is 1. The number of aromatic nitrogens is 2. The third kappa shape index (κ3) is 2.81. The van der Waals surface area contributed by atoms with Crippen LogP contribution < -0.4 is 5.56 Å². The second-order valence-electron chi connectivity index (χ2n) is 4.03. The van der Waals surface area contributed by atoms with Crippen LogP contribution in [0, 0.1) is 12.7 Å². The summed E-state index contributed by atoms with van der Waals surface area (Å²) >= 11 is 0. The van der Waals surface area contributed by atoms with E-state index < -0.39 is 0 Å². The molecule has 0 spiro atoms. The van der Waals surface area contributed by atoms with Gasteiger partial charge in [-0.1, -0.05) is 0 Å². The van der Waals surface area contributed by atoms with Gasteiger partial charge in [0.25, 0.3) is 5.56 Å². The van der Waals surface area contributed by atoms with E-state index in [-0.39, 0.29) is 18.0 Å². The summed E-state index contributed by atoms with van der Waals surface area (Å²) in [6.07, 6.45) is 0. The van der Waals surface area contributed by atoms with E-state index in [4.69, 9.17) is 4.74 Å². The normalized spacial score (nSPS) is 10.6. The summed E-state index contributed by atoms with van der Waals surface area (Å²) in [7, 11) is 1.51. The first kappa shape index (κ1) is 12.4. The van der Waals surface area contributed by atoms with E-state index in [1.54, 1.807) is 13.0 Å². The smallest absolute Gasteiger partial charge is 0.251 e. The second kappa shape index (κ2) is 5.10. The monoisotopic (exact) mass is 248 g/mol. The molecule has 0 atom stereocenters. The molecule has 0 unspecified atom stereocenters. The lowest BCUT2D eigenvalue weighted by molar-refractivity contribution is 0.177. The third-order valence-corrected chi connectivity index (χ3v) is 2.41. The fraction of sp³-hybridized carbons (Fsp3) is 0.231. The van der Waals surface area contributed by atoms with Gasteiger partial charge < -0.3 is 9.72 Å². The van der Waals surface area contributed by atoms with Gasteiger partial charge in [0, 0.05) is 18.7 Å². The number of aromatic amines is 1. The number of nitrogens with one attached hydrogen (secondary N) is 1. The molecule has 0 aliphatic heterocycles. The Morgan fingerprint density at radius 3 is 2.78 bits per heavy atom. The number of halogens is 1. The average Bonchev–Trinajstić information content (AvgIpc) is 2.27. The molecule has 0 amide bonds. The van der Waals surface area contributed by atoms with Gasteiger partial charge in [-0.2, -0.15) is 0 Å². The van der Waals surface area contributed by atoms with Crippen molar-refractivity contribution in [2.45, 2.75) is 13.5 Å². The van der Waals surface area contributed by atoms with Crippen molar-refractivity contribution in [2.75, 3.05) is 7.11 Å². The molecule has 18 heavy (non-hydrogen) atoms. The second-order valence-corrected chi connectivity index (χ2v) is 4.03. The van der Waals surface area contributed by atoms with Crippen LogP contribution in [0.15, 0.2) is 29.1 Å². The van der Waals surface area contributed by atoms with Crippen LogP contribution in [0.4, 0.5) is 4.39 Å². The maximum Gasteiger partial charge on any atom is 0.251 e. The molecule has 0 aliphatic rings. The highest BCUT2D eigenvalue weighted by atomic mass is 19.1. The first-order valence-electron chi connectivity index (χ1n) is 5.45. The number of hydrogen-bond acceptors (Lipinski definition) is 3. The fourth-order valence-electron chi connectivity index (χ4n) is 1.75. The van der Waals surface area contributed by atoms with Crippen LogP contribution in [0.3, 0.4) is 0 Å². The van der Waals surface area contributed by atoms with Crippen molar-refractivity contribution in [1.29, 1.82) is 0 Å². The standard InChI is InChI=1S/C13H13FN2O2/c1-8-3-9(5-10(14)4-8)11-6-13(17)16-12(15-11)7-18-2/h3-6H,7H2,1-2H3,(H,15,16,17). The van der Waals surface area contributed by atoms with Crippen LogP contribution >= 0.6 is 0 Å². The summed E-state index contributed by atoms with van der Waals surface area (Å²) in [6.45, 7) is 1.99. The molecular weight excluding hydrogens is 235 g/mol. The van der Waals surface area contributed by atoms with Crippen molar-refractivity contribution in [1.82, 2.24) is 9.97 Å². The molecule has 2 rings (SSSR count). The van der Waals surface area contributed by atoms with Crippen LogP contribution in [0.2, 0.25) is 0 Å². The summed E-state index contributed by atoms with van der Waals surface area (Å²) in [4.78, 5) is 18.3. The number of hydrogen-bond donors (Lipinski definition) is 1. The van der Waals surface area contributed by atoms with Gasteiger partial charge in [-0.3, -0.25) is 4.79 Å². The highest BCUT2D eigenvalue weighted by molar-refractivity contribution is 5.59. The number of aryl methyl sites for hydroxylation is 1. The van der Waals surface area contributed by atoms with Crippen molar-refractivity contribution in [2.24, 2.45) is 0 Å². The Kier molecular flexibility index (Phi) is 3.53. The molecule has 0 saturated carbocycles. The molecule has 4 nitrogen and oxygen atoms in total. The predicted molar refractivity (Wildman–Crippen MR) is 65.7 cm³/mol. The van der Waals surface area contributed by atoms with Gasteiger partial charge in [-0.05, 0) is 30.7 Å². The lowest BCUT2D eigenvalue weighted by Gasteiger charge is -2.05. The SMILES string of the molecule is COCc1nc(-c2cc(C)cc(F)c2)cc(=O)[nH]1. The fourth-order valence-corrected chi connectivity index (χ4v) is 1.75. The molecule has 1 N–H and O–H groups in total. The molecule has 5 heteroatoms. The number of nitrogens with zero attached hydrogens (tertiary/aromatic N) is 1. The Balaban J connectivity index is 2.52. The van der Waals surface area contributed by atoms with E-state index in [0.717, 1.165) is 5.56 Å². The maximum atomic E-state index is 13.3. The Morgan fingerprint density at radius 2 is 2.11 bits per heavy atom. The lowest BCUT2D eigenvalue weighted by atomic mass is 10.1. The molecule has 0 radical (unpaired) electrons. The Bertz CT molecular complexity index is 602. The zero-order valence-electron chi connectivity index (χ0n) is 10.2. The quantitative estimate of drug-likeness (QED) is 0.904. The zero-order chi connectivity index (χ0) is 13.1. The first-order chi connectivity index (χ1) is 8.58. The van der Waals surface area contributed by atoms with E-state index in [0.29, 0.717) is 17.1 Å². The Hall–Kier alpha value is -2.01. The average molecular weight is 248 g/mol. The van der Waals surface area contributed by atoms with Crippen molar-refractivity contribution in [3.63, 3.8) is 0 Å². The number of methoxy groups -OCH3 is 1. The molecule has 0 bridgehead atoms. The van der Waals surface area contributed by atoms with Crippen molar-refractivity contribution in [3.8, 4) is 11.3 Å². The van der Waals surface area contributed by atoms with Crippen LogP contribution in [0.25, 0.3) is 11.3 Å². The topological polar surface area (TPSA) is 55.0 Å². The molecule has 1 aromatic heterocycles. The highest BCUT2D eigenvalue weighted by Gasteiger charge is 2.06. The van der Waals surface area contributed by atoms with Crippen molar-refractivity contribution < 1.29 is 9.13 Å². The van der Waals surface area contributed by atoms with Crippen LogP contribution in [0.5, 0.6) is 0 Å². The summed E-state index contributed by atoms with van der Waals surface area (Å²) in [6, 6.07) is 5.90. The van der Waals surface area contributed by atoms with Gasteiger partial charge in [0.15, 0.2) is 0 Å². The van der Waals surface area contributed by atoms with Gasteiger partial charge in [0.2, 0.25) is 0 Å². The molecule has 1 aromatic carbocycles. The number of benzene rings is 1. The zero-order valence-corrected chi connectivity index (χ0v) is 10.2. The third-order valence-electron chi connectivity index (χ3n) is 2.41. The minimum atomic E-state index is -0.347. The molecule has 94 valence electrons. The minimum Gasteiger partial charge on any atom is -0.377 e. The van der Waals surface area contributed by atoms with Crippen molar-refractivity contribution in [3.05, 3.63) is 51.8 Å². The predicted octanol–water partition coefficient (Wildman–Crippen LogP) is 2.03. The van der Waals surface area contributed by atoms with Crippen LogP contribution in [0.1, 0.15) is 11.4 Å². The molecule has 0 aliphatic carbocycles. The lowest BCUT2D eigenvalue weighted by Crippen LogP contribution is -2.11. The van der Waals surface area contributed by atoms with Crippen LogP contribution in [-0.4, -0.2) is 17.1 Å². The van der Waals surface area contributed by atoms with E-state index >= 15 is 0 Å². The van der Waals surface area contributed by atoms with Gasteiger partial charge in [-0.15, -0.1) is 0 Å². The van der Waals surface area contributed by atoms with Gasteiger partial charge in [-0.25, -0.2) is 9.37 Å². The highest BCUT2D eigenvalue weighted by Crippen LogP contribution is 2.18. The molecular formula is C13H13FN2O2. The first-order valence-corrected chi connectivity index (χ1v) is 5.45. The summed E-state index contributed by atoms with van der Waals surface area (Å²) in [5, 5.41) is 0. The number of rotatable bonds is 3. The number of H-pyrrole nitrogens is 1. The summed E-state index contributed by atoms with van der Waals surface area (Å²) in [5.74, 6) is 0.0716. The largest absolute Gasteiger partial charge is 0.377 e. The summed E-state index contributed by atoms with van der Waals surface area (Å²) < 4.78 is 18.2. The Morgan fingerprint density at radius 1 is 1.33 bits per heavy atom. The van der Waals surface area contributed by atoms with Crippen molar-refractivity contribution >= 4 is 0 Å².